The Morgan fingerprint density at radius 1 is 1.21 bits per heavy atom. The lowest BCUT2D eigenvalue weighted by Crippen LogP contribution is -2.48. The van der Waals surface area contributed by atoms with Gasteiger partial charge in [-0.2, -0.15) is 0 Å². The minimum atomic E-state index is -0.568. The van der Waals surface area contributed by atoms with Crippen LogP contribution in [0.3, 0.4) is 0 Å². The number of nitrogens with zero attached hydrogens (tertiary/aromatic N) is 2. The molecular weight excluding hydrogens is 348 g/mol. The van der Waals surface area contributed by atoms with E-state index in [-0.39, 0.29) is 11.9 Å². The lowest BCUT2D eigenvalue weighted by atomic mass is 9.78. The van der Waals surface area contributed by atoms with Crippen molar-refractivity contribution >= 4 is 5.91 Å². The Balaban J connectivity index is 1.48. The molecule has 1 aliphatic carbocycles. The molecule has 0 bridgehead atoms. The van der Waals surface area contributed by atoms with Crippen LogP contribution in [-0.4, -0.2) is 27.5 Å². The largest absolute Gasteiger partial charge is 0.352 e. The van der Waals surface area contributed by atoms with Crippen LogP contribution < -0.4 is 11.1 Å². The monoisotopic (exact) mass is 382 g/mol. The highest BCUT2D eigenvalue weighted by atomic mass is 16.2. The van der Waals surface area contributed by atoms with Gasteiger partial charge in [0.15, 0.2) is 0 Å². The van der Waals surface area contributed by atoms with Crippen LogP contribution in [-0.2, 0) is 17.8 Å². The third-order valence-corrected chi connectivity index (χ3v) is 6.21. The summed E-state index contributed by atoms with van der Waals surface area (Å²) in [5, 5.41) is 3.15. The van der Waals surface area contributed by atoms with Gasteiger partial charge < -0.3 is 15.6 Å². The van der Waals surface area contributed by atoms with Crippen molar-refractivity contribution < 1.29 is 4.79 Å². The van der Waals surface area contributed by atoms with Gasteiger partial charge in [0.05, 0.1) is 18.1 Å². The van der Waals surface area contributed by atoms with E-state index in [1.807, 2.05) is 29.0 Å². The van der Waals surface area contributed by atoms with Crippen LogP contribution in [0, 0.1) is 11.8 Å². The van der Waals surface area contributed by atoms with E-state index < -0.39 is 6.04 Å². The normalized spacial score (nSPS) is 18.4. The molecule has 3 N–H and O–H groups in total. The Labute approximate surface area is 168 Å². The van der Waals surface area contributed by atoms with E-state index >= 15 is 0 Å². The fraction of sp³-hybridized carbons (Fsp3) is 0.565. The number of carbonyl (C=O) groups is 1. The molecule has 3 atom stereocenters. The smallest absolute Gasteiger partial charge is 0.237 e. The third kappa shape index (κ3) is 5.68. The Morgan fingerprint density at radius 2 is 1.93 bits per heavy atom. The van der Waals surface area contributed by atoms with Crippen molar-refractivity contribution in [2.24, 2.45) is 17.6 Å². The molecule has 1 saturated carbocycles. The Kier molecular flexibility index (Phi) is 7.26. The van der Waals surface area contributed by atoms with Crippen molar-refractivity contribution in [3.63, 3.8) is 0 Å². The summed E-state index contributed by atoms with van der Waals surface area (Å²) in [4.78, 5) is 17.0. The van der Waals surface area contributed by atoms with E-state index in [1.165, 1.54) is 37.7 Å². The van der Waals surface area contributed by atoms with Gasteiger partial charge in [-0.05, 0) is 24.3 Å². The second kappa shape index (κ2) is 9.87. The molecule has 0 aliphatic heterocycles. The molecular formula is C23H34N4O. The maximum absolute atomic E-state index is 12.6. The predicted octanol–water partition coefficient (Wildman–Crippen LogP) is 3.52. The van der Waals surface area contributed by atoms with Crippen molar-refractivity contribution in [3.05, 3.63) is 54.1 Å². The summed E-state index contributed by atoms with van der Waals surface area (Å²) in [6, 6.07) is 9.84. The molecule has 2 aromatic rings. The summed E-state index contributed by atoms with van der Waals surface area (Å²) in [7, 11) is 0. The molecule has 5 heteroatoms. The molecule has 1 aromatic carbocycles. The quantitative estimate of drug-likeness (QED) is 0.734. The molecule has 2 unspecified atom stereocenters. The molecule has 1 aromatic heterocycles. The number of nitrogens with two attached hydrogens (primary N) is 1. The van der Waals surface area contributed by atoms with Crippen LogP contribution in [0.5, 0.6) is 0 Å². The average Bonchev–Trinajstić information content (AvgIpc) is 3.15. The first-order chi connectivity index (χ1) is 13.5. The van der Waals surface area contributed by atoms with E-state index in [4.69, 9.17) is 5.73 Å². The molecule has 1 fully saturated rings. The van der Waals surface area contributed by atoms with Crippen LogP contribution in [0.25, 0.3) is 0 Å². The van der Waals surface area contributed by atoms with E-state index in [1.54, 1.807) is 6.33 Å². The van der Waals surface area contributed by atoms with Gasteiger partial charge in [0, 0.05) is 25.2 Å². The highest BCUT2D eigenvalue weighted by molar-refractivity contribution is 5.82. The summed E-state index contributed by atoms with van der Waals surface area (Å²) in [6.07, 6.45) is 10.8. The Morgan fingerprint density at radius 3 is 2.64 bits per heavy atom. The van der Waals surface area contributed by atoms with Gasteiger partial charge in [-0.25, -0.2) is 4.98 Å². The van der Waals surface area contributed by atoms with Gasteiger partial charge in [-0.3, -0.25) is 4.79 Å². The first-order valence-electron chi connectivity index (χ1n) is 10.6. The van der Waals surface area contributed by atoms with Crippen LogP contribution >= 0.6 is 0 Å². The summed E-state index contributed by atoms with van der Waals surface area (Å²) in [5.41, 5.74) is 8.25. The van der Waals surface area contributed by atoms with Gasteiger partial charge in [0.25, 0.3) is 0 Å². The van der Waals surface area contributed by atoms with Gasteiger partial charge >= 0.3 is 0 Å². The zero-order valence-electron chi connectivity index (χ0n) is 17.2. The van der Waals surface area contributed by atoms with Crippen LogP contribution in [0.15, 0.2) is 42.9 Å². The molecule has 0 radical (unpaired) electrons. The minimum Gasteiger partial charge on any atom is -0.352 e. The molecule has 28 heavy (non-hydrogen) atoms. The number of nitrogens with one attached hydrogen (secondary N) is 1. The molecule has 152 valence electrons. The van der Waals surface area contributed by atoms with Crippen molar-refractivity contribution in [1.29, 1.82) is 0 Å². The topological polar surface area (TPSA) is 72.9 Å². The van der Waals surface area contributed by atoms with Crippen molar-refractivity contribution in [1.82, 2.24) is 14.9 Å². The Bertz CT molecular complexity index is 736. The highest BCUT2D eigenvalue weighted by Crippen LogP contribution is 2.31. The zero-order chi connectivity index (χ0) is 19.9. The van der Waals surface area contributed by atoms with Gasteiger partial charge in [-0.1, -0.05) is 69.4 Å². The van der Waals surface area contributed by atoms with E-state index in [0.717, 1.165) is 12.2 Å². The van der Waals surface area contributed by atoms with Crippen molar-refractivity contribution in [2.75, 3.05) is 0 Å². The number of hydrogen-bond donors (Lipinski definition) is 2. The maximum Gasteiger partial charge on any atom is 0.237 e. The molecule has 0 saturated heterocycles. The van der Waals surface area contributed by atoms with E-state index in [2.05, 4.69) is 36.3 Å². The number of benzene rings is 1. The van der Waals surface area contributed by atoms with Gasteiger partial charge in [0.1, 0.15) is 0 Å². The number of hydrogen-bond acceptors (Lipinski definition) is 3. The molecule has 1 amide bonds. The number of carbonyl (C=O) groups excluding carboxylic acids is 1. The van der Waals surface area contributed by atoms with Crippen LogP contribution in [0.2, 0.25) is 0 Å². The molecule has 5 nitrogen and oxygen atoms in total. The summed E-state index contributed by atoms with van der Waals surface area (Å²) >= 11 is 0. The number of amides is 1. The number of rotatable bonds is 8. The molecule has 1 aliphatic rings. The van der Waals surface area contributed by atoms with Gasteiger partial charge in [-0.15, -0.1) is 0 Å². The van der Waals surface area contributed by atoms with Crippen molar-refractivity contribution in [3.8, 4) is 0 Å². The molecule has 0 spiro atoms. The standard InChI is InChI=1S/C23H34N4O/c1-17(20-11-7-4-8-12-20)18(2)26-23(28)22(24)13-21-15-27(16-25-21)14-19-9-5-3-6-10-19/h3,5-6,9-10,15-18,20,22H,4,7-8,11-14,24H2,1-2H3,(H,26,28)/t17?,18?,22-/m0/s1. The molecule has 1 heterocycles. The fourth-order valence-corrected chi connectivity index (χ4v) is 4.24. The van der Waals surface area contributed by atoms with Crippen LogP contribution in [0.4, 0.5) is 0 Å². The van der Waals surface area contributed by atoms with E-state index in [9.17, 15) is 4.79 Å². The first kappa shape index (κ1) is 20.6. The van der Waals surface area contributed by atoms with Crippen molar-refractivity contribution in [2.45, 2.75) is 71.0 Å². The lowest BCUT2D eigenvalue weighted by Gasteiger charge is -2.32. The molecule has 3 rings (SSSR count). The van der Waals surface area contributed by atoms with Crippen LogP contribution in [0.1, 0.15) is 57.2 Å². The first-order valence-corrected chi connectivity index (χ1v) is 10.6. The SMILES string of the molecule is CC(NC(=O)[C@@H](N)Cc1cn(Cc2ccccc2)cn1)C(C)C1CCCCC1. The second-order valence-electron chi connectivity index (χ2n) is 8.39. The predicted molar refractivity (Wildman–Crippen MR) is 113 cm³/mol. The van der Waals surface area contributed by atoms with E-state index in [0.29, 0.717) is 18.3 Å². The maximum atomic E-state index is 12.6. The second-order valence-corrected chi connectivity index (χ2v) is 8.39. The lowest BCUT2D eigenvalue weighted by molar-refractivity contribution is -0.123. The Hall–Kier alpha value is -2.14. The number of aromatic nitrogens is 2. The average molecular weight is 383 g/mol. The van der Waals surface area contributed by atoms with Gasteiger partial charge in [0.2, 0.25) is 5.91 Å². The minimum absolute atomic E-state index is 0.0761. The summed E-state index contributed by atoms with van der Waals surface area (Å²) in [6.45, 7) is 5.14. The fourth-order valence-electron chi connectivity index (χ4n) is 4.24. The number of imidazole rings is 1. The third-order valence-electron chi connectivity index (χ3n) is 6.21. The summed E-state index contributed by atoms with van der Waals surface area (Å²) < 4.78 is 2.03. The summed E-state index contributed by atoms with van der Waals surface area (Å²) in [5.74, 6) is 1.13. The highest BCUT2D eigenvalue weighted by Gasteiger charge is 2.26. The zero-order valence-corrected chi connectivity index (χ0v) is 17.2.